The Morgan fingerprint density at radius 3 is 1.83 bits per heavy atom. The van der Waals surface area contributed by atoms with Crippen molar-refractivity contribution in [2.75, 3.05) is 0 Å². The summed E-state index contributed by atoms with van der Waals surface area (Å²) in [4.78, 5) is 0. The summed E-state index contributed by atoms with van der Waals surface area (Å²) in [5.74, 6) is 0. The van der Waals surface area contributed by atoms with E-state index in [0.29, 0.717) is 0 Å². The largest absolute Gasteiger partial charge is 0.0931 e. The molecule has 0 aromatic heterocycles. The van der Waals surface area contributed by atoms with Crippen molar-refractivity contribution in [2.45, 2.75) is 63.5 Å². The SMILES string of the molecule is CC(C)[Si@]1(C)C[C@H](c2ccccc2)[Si@@](C)(C(C)C)c2ccccc21. The molecule has 3 atom stereocenters. The zero-order valence-corrected chi connectivity index (χ0v) is 18.1. The van der Waals surface area contributed by atoms with Crippen LogP contribution in [0.15, 0.2) is 54.6 Å². The van der Waals surface area contributed by atoms with Crippen LogP contribution in [0, 0.1) is 0 Å². The van der Waals surface area contributed by atoms with Crippen molar-refractivity contribution < 1.29 is 0 Å². The van der Waals surface area contributed by atoms with Gasteiger partial charge in [-0.15, -0.1) is 0 Å². The lowest BCUT2D eigenvalue weighted by Gasteiger charge is -2.52. The summed E-state index contributed by atoms with van der Waals surface area (Å²) in [6.07, 6.45) is 0. The highest BCUT2D eigenvalue weighted by Crippen LogP contribution is 2.45. The molecule has 0 N–H and O–H groups in total. The fourth-order valence-corrected chi connectivity index (χ4v) is 16.8. The average Bonchev–Trinajstić information content (AvgIpc) is 2.58. The second-order valence-electron chi connectivity index (χ2n) is 8.72. The maximum Gasteiger partial charge on any atom is 0.0931 e. The van der Waals surface area contributed by atoms with Gasteiger partial charge in [0.25, 0.3) is 0 Å². The third kappa shape index (κ3) is 2.55. The molecular weight excluding hydrogens is 320 g/mol. The van der Waals surface area contributed by atoms with Crippen LogP contribution < -0.4 is 10.4 Å². The van der Waals surface area contributed by atoms with Gasteiger partial charge in [0.2, 0.25) is 0 Å². The summed E-state index contributed by atoms with van der Waals surface area (Å²) in [5, 5.41) is 3.54. The molecule has 0 saturated carbocycles. The van der Waals surface area contributed by atoms with Crippen LogP contribution in [0.3, 0.4) is 0 Å². The first kappa shape index (κ1) is 17.7. The van der Waals surface area contributed by atoms with Crippen molar-refractivity contribution >= 4 is 26.5 Å². The smallest absolute Gasteiger partial charge is 0.0650 e. The number of benzene rings is 2. The van der Waals surface area contributed by atoms with Crippen LogP contribution in [0.1, 0.15) is 38.8 Å². The number of fused-ring (bicyclic) bond motifs is 1. The molecule has 0 spiro atoms. The van der Waals surface area contributed by atoms with E-state index in [-0.39, 0.29) is 0 Å². The monoisotopic (exact) mass is 352 g/mol. The molecule has 0 unspecified atom stereocenters. The molecule has 2 aromatic carbocycles. The van der Waals surface area contributed by atoms with Gasteiger partial charge in [0.1, 0.15) is 0 Å². The van der Waals surface area contributed by atoms with Gasteiger partial charge in [-0.05, 0) is 28.2 Å². The van der Waals surface area contributed by atoms with Crippen LogP contribution in [-0.4, -0.2) is 16.1 Å². The Hall–Kier alpha value is -1.13. The minimum Gasteiger partial charge on any atom is -0.0650 e. The maximum atomic E-state index is 2.66. The Balaban J connectivity index is 2.28. The highest BCUT2D eigenvalue weighted by molar-refractivity contribution is 7.05. The lowest BCUT2D eigenvalue weighted by molar-refractivity contribution is 0.877. The number of hydrogen-bond acceptors (Lipinski definition) is 0. The van der Waals surface area contributed by atoms with Crippen molar-refractivity contribution in [3.8, 4) is 0 Å². The molecule has 1 aliphatic rings. The summed E-state index contributed by atoms with van der Waals surface area (Å²) in [5.41, 5.74) is 3.90. The second-order valence-corrected chi connectivity index (χ2v) is 18.6. The Bertz CT molecular complexity index is 707. The van der Waals surface area contributed by atoms with E-state index in [2.05, 4.69) is 95.4 Å². The highest BCUT2D eigenvalue weighted by Gasteiger charge is 2.53. The lowest BCUT2D eigenvalue weighted by Crippen LogP contribution is -2.71. The van der Waals surface area contributed by atoms with Crippen LogP contribution in [0.4, 0.5) is 0 Å². The van der Waals surface area contributed by atoms with Crippen molar-refractivity contribution in [3.05, 3.63) is 60.2 Å². The van der Waals surface area contributed by atoms with Crippen LogP contribution >= 0.6 is 0 Å². The molecule has 3 rings (SSSR count). The van der Waals surface area contributed by atoms with E-state index < -0.39 is 16.1 Å². The van der Waals surface area contributed by atoms with Gasteiger partial charge in [-0.2, -0.15) is 0 Å². The summed E-state index contributed by atoms with van der Waals surface area (Å²) in [6.45, 7) is 15.2. The first-order valence-electron chi connectivity index (χ1n) is 9.46. The third-order valence-electron chi connectivity index (χ3n) is 7.15. The molecule has 128 valence electrons. The van der Waals surface area contributed by atoms with Gasteiger partial charge in [-0.3, -0.25) is 0 Å². The molecule has 2 heteroatoms. The van der Waals surface area contributed by atoms with Crippen molar-refractivity contribution in [2.24, 2.45) is 0 Å². The summed E-state index contributed by atoms with van der Waals surface area (Å²) < 4.78 is 0. The van der Waals surface area contributed by atoms with Gasteiger partial charge >= 0.3 is 0 Å². The maximum absolute atomic E-state index is 2.66. The molecule has 1 aliphatic heterocycles. The second kappa shape index (κ2) is 6.31. The Morgan fingerprint density at radius 1 is 0.750 bits per heavy atom. The van der Waals surface area contributed by atoms with Gasteiger partial charge in [0, 0.05) is 0 Å². The molecule has 2 aromatic rings. The standard InChI is InChI=1S/C22H32Si2/c1-17(2)23(5)16-22(19-12-8-7-9-13-19)24(6,18(3)4)21-15-11-10-14-20(21)23/h7-15,17-18,22H,16H2,1-6H3/t22-,23+,24+/m1/s1. The zero-order valence-electron chi connectivity index (χ0n) is 16.1. The highest BCUT2D eigenvalue weighted by atomic mass is 28.3. The zero-order chi connectivity index (χ0) is 17.5. The molecule has 0 nitrogen and oxygen atoms in total. The molecule has 0 bridgehead atoms. The van der Waals surface area contributed by atoms with Gasteiger partial charge < -0.3 is 0 Å². The van der Waals surface area contributed by atoms with Gasteiger partial charge in [0.15, 0.2) is 0 Å². The molecule has 0 saturated heterocycles. The van der Waals surface area contributed by atoms with Crippen molar-refractivity contribution in [1.82, 2.24) is 0 Å². The number of rotatable bonds is 3. The van der Waals surface area contributed by atoms with Crippen molar-refractivity contribution in [1.29, 1.82) is 0 Å². The van der Waals surface area contributed by atoms with Gasteiger partial charge in [0.05, 0.1) is 16.1 Å². The fraction of sp³-hybridized carbons (Fsp3) is 0.455. The normalized spacial score (nSPS) is 29.8. The molecule has 0 aliphatic carbocycles. The molecule has 0 fully saturated rings. The first-order chi connectivity index (χ1) is 11.3. The average molecular weight is 353 g/mol. The lowest BCUT2D eigenvalue weighted by atomic mass is 10.2. The topological polar surface area (TPSA) is 0 Å². The van der Waals surface area contributed by atoms with E-state index in [1.807, 2.05) is 0 Å². The van der Waals surface area contributed by atoms with Crippen LogP contribution in [0.5, 0.6) is 0 Å². The first-order valence-corrected chi connectivity index (χ1v) is 14.9. The molecule has 1 heterocycles. The van der Waals surface area contributed by atoms with E-state index in [1.165, 1.54) is 6.04 Å². The minimum absolute atomic E-state index is 0.757. The Kier molecular flexibility index (Phi) is 4.65. The van der Waals surface area contributed by atoms with Crippen LogP contribution in [0.2, 0.25) is 30.2 Å². The molecular formula is C22H32Si2. The minimum atomic E-state index is -1.60. The van der Waals surface area contributed by atoms with E-state index in [1.54, 1.807) is 15.9 Å². The molecule has 24 heavy (non-hydrogen) atoms. The van der Waals surface area contributed by atoms with E-state index in [0.717, 1.165) is 16.6 Å². The van der Waals surface area contributed by atoms with Crippen LogP contribution in [0.25, 0.3) is 0 Å². The predicted molar refractivity (Wildman–Crippen MR) is 113 cm³/mol. The molecule has 0 amide bonds. The fourth-order valence-electron chi connectivity index (χ4n) is 4.79. The summed E-state index contributed by atoms with van der Waals surface area (Å²) in [7, 11) is -3.09. The van der Waals surface area contributed by atoms with Crippen molar-refractivity contribution in [3.63, 3.8) is 0 Å². The Morgan fingerprint density at radius 2 is 1.29 bits per heavy atom. The van der Waals surface area contributed by atoms with Gasteiger partial charge in [-0.25, -0.2) is 0 Å². The third-order valence-corrected chi connectivity index (χ3v) is 19.3. The van der Waals surface area contributed by atoms with E-state index in [9.17, 15) is 0 Å². The Labute approximate surface area is 150 Å². The van der Waals surface area contributed by atoms with E-state index in [4.69, 9.17) is 0 Å². The van der Waals surface area contributed by atoms with Crippen LogP contribution in [-0.2, 0) is 0 Å². The molecule has 0 radical (unpaired) electrons. The summed E-state index contributed by atoms with van der Waals surface area (Å²) >= 11 is 0. The van der Waals surface area contributed by atoms with E-state index >= 15 is 0 Å². The van der Waals surface area contributed by atoms with Gasteiger partial charge in [-0.1, -0.05) is 106 Å². The number of hydrogen-bond donors (Lipinski definition) is 0. The quantitative estimate of drug-likeness (QED) is 0.648. The predicted octanol–water partition coefficient (Wildman–Crippen LogP) is 5.41. The summed E-state index contributed by atoms with van der Waals surface area (Å²) in [6, 6.07) is 22.4.